The predicted octanol–water partition coefficient (Wildman–Crippen LogP) is 2.75. The molecule has 112 valence electrons. The van der Waals surface area contributed by atoms with E-state index in [-0.39, 0.29) is 5.91 Å². The molecule has 5 heteroatoms. The summed E-state index contributed by atoms with van der Waals surface area (Å²) in [6.45, 7) is 2.63. The third-order valence-corrected chi connectivity index (χ3v) is 3.99. The Morgan fingerprint density at radius 2 is 2.05 bits per heavy atom. The molecule has 0 bridgehead atoms. The minimum Gasteiger partial charge on any atom is -0.497 e. The molecule has 1 heterocycles. The molecule has 0 aliphatic heterocycles. The van der Waals surface area contributed by atoms with Crippen molar-refractivity contribution in [2.24, 2.45) is 0 Å². The lowest BCUT2D eigenvalue weighted by atomic mass is 10.1. The summed E-state index contributed by atoms with van der Waals surface area (Å²) in [5, 5.41) is 6.04. The lowest BCUT2D eigenvalue weighted by Gasteiger charge is -2.05. The molecule has 1 aromatic heterocycles. The van der Waals surface area contributed by atoms with E-state index >= 15 is 0 Å². The first-order chi connectivity index (χ1) is 10.2. The van der Waals surface area contributed by atoms with Crippen LogP contribution in [0.15, 0.2) is 29.6 Å². The van der Waals surface area contributed by atoms with Gasteiger partial charge in [-0.2, -0.15) is 0 Å². The van der Waals surface area contributed by atoms with E-state index in [1.165, 1.54) is 0 Å². The van der Waals surface area contributed by atoms with Crippen LogP contribution in [0, 0.1) is 6.92 Å². The molecule has 0 saturated heterocycles. The molecule has 0 radical (unpaired) electrons. The summed E-state index contributed by atoms with van der Waals surface area (Å²) in [6, 6.07) is 7.81. The molecule has 0 saturated carbocycles. The van der Waals surface area contributed by atoms with Crippen molar-refractivity contribution < 1.29 is 9.53 Å². The summed E-state index contributed by atoms with van der Waals surface area (Å²) in [6.07, 6.45) is 2.03. The number of aryl methyl sites for hydroxylation is 2. The summed E-state index contributed by atoms with van der Waals surface area (Å²) in [4.78, 5) is 16.2. The highest BCUT2D eigenvalue weighted by molar-refractivity contribution is 7.09. The van der Waals surface area contributed by atoms with Gasteiger partial charge in [-0.1, -0.05) is 12.1 Å². The molecule has 1 amide bonds. The van der Waals surface area contributed by atoms with Crippen LogP contribution >= 0.6 is 11.3 Å². The SMILES string of the molecule is COc1ccc(CCC(=O)NCCc2csc(C)n2)cc1. The Kier molecular flexibility index (Phi) is 5.75. The monoisotopic (exact) mass is 304 g/mol. The summed E-state index contributed by atoms with van der Waals surface area (Å²) in [5.74, 6) is 0.916. The zero-order valence-corrected chi connectivity index (χ0v) is 13.2. The van der Waals surface area contributed by atoms with E-state index in [4.69, 9.17) is 4.74 Å². The van der Waals surface area contributed by atoms with Gasteiger partial charge in [-0.15, -0.1) is 11.3 Å². The lowest BCUT2D eigenvalue weighted by molar-refractivity contribution is -0.121. The second-order valence-corrected chi connectivity index (χ2v) is 5.87. The molecule has 2 rings (SSSR count). The highest BCUT2D eigenvalue weighted by Gasteiger charge is 2.03. The van der Waals surface area contributed by atoms with Crippen molar-refractivity contribution in [3.05, 3.63) is 45.9 Å². The van der Waals surface area contributed by atoms with Gasteiger partial charge < -0.3 is 10.1 Å². The van der Waals surface area contributed by atoms with Crippen LogP contribution < -0.4 is 10.1 Å². The normalized spacial score (nSPS) is 10.4. The second kappa shape index (κ2) is 7.78. The predicted molar refractivity (Wildman–Crippen MR) is 84.9 cm³/mol. The van der Waals surface area contributed by atoms with Gasteiger partial charge in [0, 0.05) is 24.8 Å². The van der Waals surface area contributed by atoms with Crippen molar-refractivity contribution in [3.63, 3.8) is 0 Å². The number of methoxy groups -OCH3 is 1. The minimum atomic E-state index is 0.0813. The molecule has 0 unspecified atom stereocenters. The van der Waals surface area contributed by atoms with Crippen molar-refractivity contribution in [1.82, 2.24) is 10.3 Å². The number of hydrogen-bond donors (Lipinski definition) is 1. The average molecular weight is 304 g/mol. The summed E-state index contributed by atoms with van der Waals surface area (Å²) >= 11 is 1.64. The molecule has 0 aliphatic rings. The smallest absolute Gasteiger partial charge is 0.220 e. The number of ether oxygens (including phenoxy) is 1. The first kappa shape index (κ1) is 15.5. The van der Waals surface area contributed by atoms with Gasteiger partial charge in [-0.25, -0.2) is 4.98 Å². The van der Waals surface area contributed by atoms with Crippen LogP contribution in [-0.2, 0) is 17.6 Å². The molecule has 1 N–H and O–H groups in total. The maximum Gasteiger partial charge on any atom is 0.220 e. The molecule has 21 heavy (non-hydrogen) atoms. The Morgan fingerprint density at radius 3 is 2.67 bits per heavy atom. The van der Waals surface area contributed by atoms with Crippen LogP contribution in [0.1, 0.15) is 22.7 Å². The molecule has 2 aromatic rings. The Balaban J connectivity index is 1.67. The number of nitrogens with one attached hydrogen (secondary N) is 1. The molecule has 4 nitrogen and oxygen atoms in total. The van der Waals surface area contributed by atoms with Gasteiger partial charge >= 0.3 is 0 Å². The van der Waals surface area contributed by atoms with Crippen LogP contribution in [0.3, 0.4) is 0 Å². The second-order valence-electron chi connectivity index (χ2n) is 4.81. The van der Waals surface area contributed by atoms with Gasteiger partial charge in [0.25, 0.3) is 0 Å². The number of nitrogens with zero attached hydrogens (tertiary/aromatic N) is 1. The Labute approximate surface area is 129 Å². The van der Waals surface area contributed by atoms with Gasteiger partial charge in [0.15, 0.2) is 0 Å². The van der Waals surface area contributed by atoms with Crippen molar-refractivity contribution >= 4 is 17.2 Å². The average Bonchev–Trinajstić information content (AvgIpc) is 2.91. The Bertz CT molecular complexity index is 578. The van der Waals surface area contributed by atoms with Crippen LogP contribution in [0.25, 0.3) is 0 Å². The van der Waals surface area contributed by atoms with E-state index in [0.29, 0.717) is 13.0 Å². The molecular weight excluding hydrogens is 284 g/mol. The molecule has 0 spiro atoms. The topological polar surface area (TPSA) is 51.2 Å². The molecule has 0 atom stereocenters. The third-order valence-electron chi connectivity index (χ3n) is 3.17. The van der Waals surface area contributed by atoms with Crippen molar-refractivity contribution in [2.75, 3.05) is 13.7 Å². The van der Waals surface area contributed by atoms with E-state index < -0.39 is 0 Å². The first-order valence-corrected chi connectivity index (χ1v) is 7.86. The van der Waals surface area contributed by atoms with Gasteiger partial charge in [0.05, 0.1) is 17.8 Å². The zero-order chi connectivity index (χ0) is 15.1. The number of hydrogen-bond acceptors (Lipinski definition) is 4. The van der Waals surface area contributed by atoms with Crippen LogP contribution in [0.2, 0.25) is 0 Å². The fourth-order valence-electron chi connectivity index (χ4n) is 1.99. The fraction of sp³-hybridized carbons (Fsp3) is 0.375. The van der Waals surface area contributed by atoms with E-state index in [2.05, 4.69) is 10.3 Å². The number of amides is 1. The Morgan fingerprint density at radius 1 is 1.29 bits per heavy atom. The highest BCUT2D eigenvalue weighted by Crippen LogP contribution is 2.12. The van der Waals surface area contributed by atoms with E-state index in [9.17, 15) is 4.79 Å². The van der Waals surface area contributed by atoms with Gasteiger partial charge in [0.2, 0.25) is 5.91 Å². The Hall–Kier alpha value is -1.88. The fourth-order valence-corrected chi connectivity index (χ4v) is 2.64. The standard InChI is InChI=1S/C16H20N2O2S/c1-12-18-14(11-21-12)9-10-17-16(19)8-5-13-3-6-15(20-2)7-4-13/h3-4,6-7,11H,5,8-10H2,1-2H3,(H,17,19). The van der Waals surface area contributed by atoms with E-state index in [0.717, 1.165) is 34.9 Å². The number of rotatable bonds is 7. The maximum absolute atomic E-state index is 11.8. The van der Waals surface area contributed by atoms with Crippen LogP contribution in [0.5, 0.6) is 5.75 Å². The number of benzene rings is 1. The third kappa shape index (κ3) is 5.19. The molecule has 0 aliphatic carbocycles. The number of aromatic nitrogens is 1. The van der Waals surface area contributed by atoms with E-state index in [1.807, 2.05) is 36.6 Å². The lowest BCUT2D eigenvalue weighted by Crippen LogP contribution is -2.25. The number of thiazole rings is 1. The van der Waals surface area contributed by atoms with Crippen LogP contribution in [0.4, 0.5) is 0 Å². The maximum atomic E-state index is 11.8. The molecular formula is C16H20N2O2S. The summed E-state index contributed by atoms with van der Waals surface area (Å²) in [7, 11) is 1.65. The zero-order valence-electron chi connectivity index (χ0n) is 12.4. The highest BCUT2D eigenvalue weighted by atomic mass is 32.1. The van der Waals surface area contributed by atoms with Crippen LogP contribution in [-0.4, -0.2) is 24.5 Å². The molecule has 0 fully saturated rings. The van der Waals surface area contributed by atoms with Gasteiger partial charge in [-0.3, -0.25) is 4.79 Å². The van der Waals surface area contributed by atoms with Crippen molar-refractivity contribution in [1.29, 1.82) is 0 Å². The van der Waals surface area contributed by atoms with E-state index in [1.54, 1.807) is 18.4 Å². The molecule has 1 aromatic carbocycles. The van der Waals surface area contributed by atoms with Gasteiger partial charge in [0.1, 0.15) is 5.75 Å². The number of carbonyl (C=O) groups is 1. The minimum absolute atomic E-state index is 0.0813. The van der Waals surface area contributed by atoms with Gasteiger partial charge in [-0.05, 0) is 31.0 Å². The quantitative estimate of drug-likeness (QED) is 0.855. The van der Waals surface area contributed by atoms with Crippen molar-refractivity contribution in [2.45, 2.75) is 26.2 Å². The summed E-state index contributed by atoms with van der Waals surface area (Å²) < 4.78 is 5.11. The largest absolute Gasteiger partial charge is 0.497 e. The number of carbonyl (C=O) groups excluding carboxylic acids is 1. The summed E-state index contributed by atoms with van der Waals surface area (Å²) in [5.41, 5.74) is 2.19. The first-order valence-electron chi connectivity index (χ1n) is 6.98. The van der Waals surface area contributed by atoms with Crippen molar-refractivity contribution in [3.8, 4) is 5.75 Å².